The fraction of sp³-hybridized carbons (Fsp3) is 0.167. The third kappa shape index (κ3) is 4.75. The first kappa shape index (κ1) is 24.8. The van der Waals surface area contributed by atoms with Gasteiger partial charge in [-0.15, -0.1) is 0 Å². The second kappa shape index (κ2) is 9.96. The number of nitrogens with zero attached hydrogens (tertiary/aromatic N) is 4. The number of carbonyl (C=O) groups excluding carboxylic acids is 1. The van der Waals surface area contributed by atoms with E-state index in [1.54, 1.807) is 18.6 Å². The van der Waals surface area contributed by atoms with Crippen molar-refractivity contribution in [3.05, 3.63) is 78.2 Å². The molecule has 0 saturated heterocycles. The summed E-state index contributed by atoms with van der Waals surface area (Å²) in [5.74, 6) is 0.735. The summed E-state index contributed by atoms with van der Waals surface area (Å²) >= 11 is 6.25. The molecule has 194 valence electrons. The van der Waals surface area contributed by atoms with Crippen LogP contribution in [0, 0.1) is 11.8 Å². The van der Waals surface area contributed by atoms with Crippen LogP contribution in [-0.4, -0.2) is 36.0 Å². The molecule has 4 aromatic heterocycles. The molecule has 1 atom stereocenters. The lowest BCUT2D eigenvalue weighted by Gasteiger charge is -2.15. The zero-order valence-corrected chi connectivity index (χ0v) is 22.4. The third-order valence-corrected chi connectivity index (χ3v) is 7.28. The number of carbonyl (C=O) groups is 1. The van der Waals surface area contributed by atoms with E-state index in [1.807, 2.05) is 75.4 Å². The van der Waals surface area contributed by atoms with Gasteiger partial charge in [-0.3, -0.25) is 14.9 Å². The average Bonchev–Trinajstić information content (AvgIpc) is 3.56. The molecule has 1 unspecified atom stereocenters. The number of nitrogens with one attached hydrogen (secondary N) is 3. The number of benzene rings is 2. The predicted octanol–water partition coefficient (Wildman–Crippen LogP) is 7.11. The Morgan fingerprint density at radius 3 is 2.59 bits per heavy atom. The van der Waals surface area contributed by atoms with Crippen molar-refractivity contribution in [1.82, 2.24) is 30.1 Å². The largest absolute Gasteiger partial charge is 0.337 e. The Labute approximate surface area is 229 Å². The first-order valence-corrected chi connectivity index (χ1v) is 13.1. The minimum Gasteiger partial charge on any atom is -0.337 e. The molecule has 0 bridgehead atoms. The molecule has 0 fully saturated rings. The minimum absolute atomic E-state index is 0.0309. The molecule has 39 heavy (non-hydrogen) atoms. The van der Waals surface area contributed by atoms with Crippen LogP contribution in [0.4, 0.5) is 5.69 Å². The fourth-order valence-electron chi connectivity index (χ4n) is 4.50. The molecular weight excluding hydrogens is 510 g/mol. The standard InChI is InChI=1S/C30H26ClN7O/c1-16(2)17(3)30(39)34-22-11-19(13-32-15-22)20-12-24-27(37-38-28(24)33-14-20)29-35-25-9-5-8-23(26(25)36-29)18-6-4-7-21(31)10-18/h4-17H,1-3H3,(H,34,39)(H,35,36)(H,33,37,38). The van der Waals surface area contributed by atoms with Gasteiger partial charge in [-0.05, 0) is 41.8 Å². The van der Waals surface area contributed by atoms with Gasteiger partial charge in [0.15, 0.2) is 11.5 Å². The molecule has 0 radical (unpaired) electrons. The predicted molar refractivity (Wildman–Crippen MR) is 155 cm³/mol. The summed E-state index contributed by atoms with van der Waals surface area (Å²) in [5.41, 5.74) is 7.33. The van der Waals surface area contributed by atoms with Crippen molar-refractivity contribution in [2.75, 3.05) is 5.32 Å². The minimum atomic E-state index is -0.108. The van der Waals surface area contributed by atoms with Gasteiger partial charge in [0.25, 0.3) is 0 Å². The lowest BCUT2D eigenvalue weighted by atomic mass is 9.97. The van der Waals surface area contributed by atoms with Gasteiger partial charge in [-0.1, -0.05) is 56.6 Å². The highest BCUT2D eigenvalue weighted by molar-refractivity contribution is 6.30. The molecule has 4 heterocycles. The van der Waals surface area contributed by atoms with Crippen LogP contribution in [-0.2, 0) is 4.79 Å². The van der Waals surface area contributed by atoms with E-state index in [9.17, 15) is 4.79 Å². The van der Waals surface area contributed by atoms with Crippen LogP contribution in [0.3, 0.4) is 0 Å². The van der Waals surface area contributed by atoms with Crippen molar-refractivity contribution in [2.24, 2.45) is 11.8 Å². The third-order valence-electron chi connectivity index (χ3n) is 7.04. The monoisotopic (exact) mass is 535 g/mol. The number of fused-ring (bicyclic) bond motifs is 2. The number of aromatic amines is 2. The van der Waals surface area contributed by atoms with Crippen LogP contribution in [0.25, 0.3) is 55.8 Å². The Morgan fingerprint density at radius 1 is 0.949 bits per heavy atom. The molecule has 6 aromatic rings. The number of hydrogen-bond donors (Lipinski definition) is 3. The Hall–Kier alpha value is -4.56. The van der Waals surface area contributed by atoms with Crippen LogP contribution in [0.1, 0.15) is 20.8 Å². The number of anilines is 1. The van der Waals surface area contributed by atoms with Gasteiger partial charge in [-0.25, -0.2) is 9.97 Å². The first-order chi connectivity index (χ1) is 18.9. The second-order valence-electron chi connectivity index (χ2n) is 9.97. The highest BCUT2D eigenvalue weighted by Crippen LogP contribution is 2.33. The molecule has 0 aliphatic heterocycles. The van der Waals surface area contributed by atoms with Gasteiger partial charge < -0.3 is 10.3 Å². The summed E-state index contributed by atoms with van der Waals surface area (Å²) in [6.07, 6.45) is 5.16. The van der Waals surface area contributed by atoms with Gasteiger partial charge in [0.05, 0.1) is 28.3 Å². The molecule has 6 rings (SSSR count). The Kier molecular flexibility index (Phi) is 6.32. The van der Waals surface area contributed by atoms with E-state index in [2.05, 4.69) is 30.5 Å². The van der Waals surface area contributed by atoms with E-state index in [-0.39, 0.29) is 17.7 Å². The molecular formula is C30H26ClN7O. The first-order valence-electron chi connectivity index (χ1n) is 12.7. The number of amides is 1. The maximum absolute atomic E-state index is 12.6. The van der Waals surface area contributed by atoms with Crippen molar-refractivity contribution in [1.29, 1.82) is 0 Å². The maximum atomic E-state index is 12.6. The van der Waals surface area contributed by atoms with Crippen molar-refractivity contribution >= 4 is 45.3 Å². The van der Waals surface area contributed by atoms with Crippen LogP contribution < -0.4 is 5.32 Å². The normalized spacial score (nSPS) is 12.3. The van der Waals surface area contributed by atoms with E-state index in [4.69, 9.17) is 16.6 Å². The van der Waals surface area contributed by atoms with Crippen molar-refractivity contribution in [2.45, 2.75) is 20.8 Å². The lowest BCUT2D eigenvalue weighted by molar-refractivity contribution is -0.120. The molecule has 9 heteroatoms. The Balaban J connectivity index is 1.37. The summed E-state index contributed by atoms with van der Waals surface area (Å²) in [6.45, 7) is 5.98. The topological polar surface area (TPSA) is 112 Å². The fourth-order valence-corrected chi connectivity index (χ4v) is 4.69. The number of aromatic nitrogens is 6. The van der Waals surface area contributed by atoms with E-state index < -0.39 is 0 Å². The number of rotatable bonds is 6. The van der Waals surface area contributed by atoms with Gasteiger partial charge in [0.1, 0.15) is 5.69 Å². The van der Waals surface area contributed by atoms with E-state index >= 15 is 0 Å². The van der Waals surface area contributed by atoms with Crippen LogP contribution in [0.15, 0.2) is 73.2 Å². The summed E-state index contributed by atoms with van der Waals surface area (Å²) in [6, 6.07) is 17.6. The van der Waals surface area contributed by atoms with E-state index in [0.29, 0.717) is 27.9 Å². The summed E-state index contributed by atoms with van der Waals surface area (Å²) in [5, 5.41) is 12.0. The summed E-state index contributed by atoms with van der Waals surface area (Å²) in [4.78, 5) is 29.8. The maximum Gasteiger partial charge on any atom is 0.227 e. The quantitative estimate of drug-likeness (QED) is 0.210. The zero-order valence-electron chi connectivity index (χ0n) is 21.7. The number of pyridine rings is 2. The number of H-pyrrole nitrogens is 2. The molecule has 3 N–H and O–H groups in total. The van der Waals surface area contributed by atoms with Gasteiger partial charge in [-0.2, -0.15) is 5.10 Å². The molecule has 8 nitrogen and oxygen atoms in total. The number of para-hydroxylation sites is 1. The van der Waals surface area contributed by atoms with Gasteiger partial charge in [0.2, 0.25) is 5.91 Å². The van der Waals surface area contributed by atoms with Gasteiger partial charge >= 0.3 is 0 Å². The highest BCUT2D eigenvalue weighted by Gasteiger charge is 2.18. The molecule has 2 aromatic carbocycles. The number of halogens is 1. The number of imidazole rings is 1. The zero-order chi connectivity index (χ0) is 27.1. The highest BCUT2D eigenvalue weighted by atomic mass is 35.5. The summed E-state index contributed by atoms with van der Waals surface area (Å²) in [7, 11) is 0. The Bertz CT molecular complexity index is 1840. The van der Waals surface area contributed by atoms with Crippen LogP contribution in [0.2, 0.25) is 5.02 Å². The molecule has 0 aliphatic carbocycles. The van der Waals surface area contributed by atoms with Crippen molar-refractivity contribution in [3.8, 4) is 33.8 Å². The van der Waals surface area contributed by atoms with Crippen LogP contribution in [0.5, 0.6) is 0 Å². The SMILES string of the molecule is CC(C)C(C)C(=O)Nc1cncc(-c2cnc3[nH]nc(-c4nc5c(-c6cccc(Cl)c6)cccc5[nH]4)c3c2)c1. The second-order valence-corrected chi connectivity index (χ2v) is 10.4. The van der Waals surface area contributed by atoms with E-state index in [1.165, 1.54) is 0 Å². The molecule has 1 amide bonds. The van der Waals surface area contributed by atoms with Crippen LogP contribution >= 0.6 is 11.6 Å². The van der Waals surface area contributed by atoms with Crippen molar-refractivity contribution < 1.29 is 4.79 Å². The van der Waals surface area contributed by atoms with E-state index in [0.717, 1.165) is 38.7 Å². The number of hydrogen-bond acceptors (Lipinski definition) is 5. The lowest BCUT2D eigenvalue weighted by Crippen LogP contribution is -2.24. The molecule has 0 aliphatic rings. The summed E-state index contributed by atoms with van der Waals surface area (Å²) < 4.78 is 0. The molecule has 0 saturated carbocycles. The molecule has 0 spiro atoms. The average molecular weight is 536 g/mol. The van der Waals surface area contributed by atoms with Crippen molar-refractivity contribution in [3.63, 3.8) is 0 Å². The Morgan fingerprint density at radius 2 is 1.77 bits per heavy atom. The smallest absolute Gasteiger partial charge is 0.227 e. The van der Waals surface area contributed by atoms with Gasteiger partial charge in [0, 0.05) is 40.0 Å².